The first kappa shape index (κ1) is 15.7. The Morgan fingerprint density at radius 1 is 1.32 bits per heavy atom. The van der Waals surface area contributed by atoms with Gasteiger partial charge in [-0.25, -0.2) is 13.6 Å². The van der Waals surface area contributed by atoms with Gasteiger partial charge >= 0.3 is 0 Å². The van der Waals surface area contributed by atoms with Gasteiger partial charge < -0.3 is 15.7 Å². The van der Waals surface area contributed by atoms with E-state index in [0.29, 0.717) is 6.54 Å². The van der Waals surface area contributed by atoms with Crippen LogP contribution in [0, 0.1) is 0 Å². The zero-order chi connectivity index (χ0) is 14.5. The second-order valence-electron chi connectivity index (χ2n) is 4.33. The van der Waals surface area contributed by atoms with Gasteiger partial charge in [-0.05, 0) is 24.6 Å². The lowest BCUT2D eigenvalue weighted by molar-refractivity contribution is 0.301. The van der Waals surface area contributed by atoms with Gasteiger partial charge in [0.15, 0.2) is 0 Å². The van der Waals surface area contributed by atoms with Crippen molar-refractivity contribution in [3.63, 3.8) is 0 Å². The van der Waals surface area contributed by atoms with Crippen molar-refractivity contribution in [1.82, 2.24) is 0 Å². The van der Waals surface area contributed by atoms with E-state index in [1.807, 2.05) is 4.90 Å². The molecule has 0 saturated heterocycles. The molecule has 0 atom stereocenters. The highest BCUT2D eigenvalue weighted by atomic mass is 32.2. The molecule has 0 radical (unpaired) electrons. The van der Waals surface area contributed by atoms with Crippen LogP contribution in [0.3, 0.4) is 0 Å². The summed E-state index contributed by atoms with van der Waals surface area (Å²) in [5.74, 6) is 0. The Morgan fingerprint density at radius 2 is 2.00 bits per heavy atom. The largest absolute Gasteiger partial charge is 0.398 e. The number of aliphatic hydroxyl groups is 1. The van der Waals surface area contributed by atoms with Crippen molar-refractivity contribution in [2.45, 2.75) is 24.7 Å². The Kier molecular flexibility index (Phi) is 5.59. The highest BCUT2D eigenvalue weighted by Gasteiger charge is 2.14. The first-order chi connectivity index (χ1) is 8.90. The van der Waals surface area contributed by atoms with E-state index >= 15 is 0 Å². The van der Waals surface area contributed by atoms with Gasteiger partial charge in [0.1, 0.15) is 4.90 Å². The normalized spacial score (nSPS) is 11.5. The molecule has 0 heterocycles. The van der Waals surface area contributed by atoms with E-state index in [9.17, 15) is 8.42 Å². The number of sulfonamides is 1. The van der Waals surface area contributed by atoms with E-state index in [1.165, 1.54) is 6.07 Å². The fourth-order valence-corrected chi connectivity index (χ4v) is 2.48. The summed E-state index contributed by atoms with van der Waals surface area (Å²) in [7, 11) is -3.80. The van der Waals surface area contributed by atoms with Crippen LogP contribution in [-0.2, 0) is 10.0 Å². The quantitative estimate of drug-likeness (QED) is 0.633. The number of benzene rings is 1. The molecule has 0 spiro atoms. The zero-order valence-electron chi connectivity index (χ0n) is 11.0. The van der Waals surface area contributed by atoms with Gasteiger partial charge in [0.05, 0.1) is 12.3 Å². The predicted molar refractivity (Wildman–Crippen MR) is 76.4 cm³/mol. The maximum absolute atomic E-state index is 11.3. The van der Waals surface area contributed by atoms with Crippen molar-refractivity contribution in [2.75, 3.05) is 30.3 Å². The summed E-state index contributed by atoms with van der Waals surface area (Å²) in [6.45, 7) is 3.37. The van der Waals surface area contributed by atoms with Crippen LogP contribution in [0.25, 0.3) is 0 Å². The van der Waals surface area contributed by atoms with Gasteiger partial charge in [-0.3, -0.25) is 0 Å². The van der Waals surface area contributed by atoms with Crippen LogP contribution in [0.2, 0.25) is 0 Å². The van der Waals surface area contributed by atoms with Crippen molar-refractivity contribution in [3.8, 4) is 0 Å². The number of primary sulfonamides is 1. The van der Waals surface area contributed by atoms with Crippen LogP contribution < -0.4 is 15.8 Å². The monoisotopic (exact) mass is 287 g/mol. The summed E-state index contributed by atoms with van der Waals surface area (Å²) in [4.78, 5) is 1.89. The minimum absolute atomic E-state index is 0.0283. The Bertz CT molecular complexity index is 517. The van der Waals surface area contributed by atoms with Crippen molar-refractivity contribution in [2.24, 2.45) is 5.14 Å². The Hall–Kier alpha value is -1.31. The zero-order valence-corrected chi connectivity index (χ0v) is 11.9. The highest BCUT2D eigenvalue weighted by Crippen LogP contribution is 2.24. The average Bonchev–Trinajstić information content (AvgIpc) is 2.32. The summed E-state index contributed by atoms with van der Waals surface area (Å²) >= 11 is 0. The molecule has 0 saturated carbocycles. The van der Waals surface area contributed by atoms with Crippen molar-refractivity contribution >= 4 is 21.4 Å². The van der Waals surface area contributed by atoms with Gasteiger partial charge in [0, 0.05) is 18.8 Å². The number of hydrogen-bond donors (Lipinski definition) is 3. The molecule has 0 aromatic heterocycles. The molecule has 0 aliphatic heterocycles. The van der Waals surface area contributed by atoms with Gasteiger partial charge in [-0.2, -0.15) is 0 Å². The van der Waals surface area contributed by atoms with Crippen molar-refractivity contribution in [3.05, 3.63) is 18.2 Å². The summed E-state index contributed by atoms with van der Waals surface area (Å²) in [5.41, 5.74) is 6.63. The van der Waals surface area contributed by atoms with Gasteiger partial charge in [0.2, 0.25) is 10.0 Å². The predicted octanol–water partition coefficient (Wildman–Crippen LogP) is 0.515. The maximum atomic E-state index is 11.3. The van der Waals surface area contributed by atoms with E-state index < -0.39 is 10.0 Å². The lowest BCUT2D eigenvalue weighted by Crippen LogP contribution is -2.28. The number of hydrogen-bond acceptors (Lipinski definition) is 5. The lowest BCUT2D eigenvalue weighted by atomic mass is 10.2. The summed E-state index contributed by atoms with van der Waals surface area (Å²) in [5, 5.41) is 14.1. The molecule has 0 aliphatic rings. The molecule has 0 unspecified atom stereocenters. The highest BCUT2D eigenvalue weighted by molar-refractivity contribution is 7.89. The Balaban J connectivity index is 3.03. The number of anilines is 2. The first-order valence-electron chi connectivity index (χ1n) is 6.18. The Labute approximate surface area is 114 Å². The number of rotatable bonds is 7. The second-order valence-corrected chi connectivity index (χ2v) is 5.86. The molecule has 108 valence electrons. The van der Waals surface area contributed by atoms with Crippen LogP contribution in [-0.4, -0.2) is 33.2 Å². The van der Waals surface area contributed by atoms with Crippen LogP contribution in [0.1, 0.15) is 19.8 Å². The maximum Gasteiger partial charge on any atom is 0.240 e. The molecule has 0 aliphatic carbocycles. The molecule has 0 amide bonds. The second kappa shape index (κ2) is 6.74. The van der Waals surface area contributed by atoms with Crippen molar-refractivity contribution < 1.29 is 13.5 Å². The van der Waals surface area contributed by atoms with Crippen LogP contribution in [0.15, 0.2) is 23.1 Å². The average molecular weight is 287 g/mol. The molecule has 6 nitrogen and oxygen atoms in total. The van der Waals surface area contributed by atoms with E-state index in [0.717, 1.165) is 25.1 Å². The molecule has 1 aromatic rings. The topological polar surface area (TPSA) is 110 Å². The number of aliphatic hydroxyl groups excluding tert-OH is 1. The van der Waals surface area contributed by atoms with Crippen LogP contribution in [0.4, 0.5) is 11.4 Å². The van der Waals surface area contributed by atoms with Gasteiger partial charge in [-0.1, -0.05) is 13.3 Å². The minimum Gasteiger partial charge on any atom is -0.398 e. The van der Waals surface area contributed by atoms with Gasteiger partial charge in [-0.15, -0.1) is 0 Å². The third kappa shape index (κ3) is 4.38. The Morgan fingerprint density at radius 3 is 2.47 bits per heavy atom. The minimum atomic E-state index is -3.80. The molecule has 0 bridgehead atoms. The SMILES string of the molecule is CCCCN(CCO)c1ccc(S(N)(=O)=O)c(N)c1. The number of nitrogens with zero attached hydrogens (tertiary/aromatic N) is 1. The smallest absolute Gasteiger partial charge is 0.240 e. The fraction of sp³-hybridized carbons (Fsp3) is 0.500. The standard InChI is InChI=1S/C12H21N3O3S/c1-2-3-6-15(7-8-16)10-4-5-12(11(13)9-10)19(14,17)18/h4-5,9,16H,2-3,6-8,13H2,1H3,(H2,14,17,18). The van der Waals surface area contributed by atoms with Gasteiger partial charge in [0.25, 0.3) is 0 Å². The van der Waals surface area contributed by atoms with Crippen LogP contribution in [0.5, 0.6) is 0 Å². The molecule has 19 heavy (non-hydrogen) atoms. The summed E-state index contributed by atoms with van der Waals surface area (Å²) in [6.07, 6.45) is 2.02. The van der Waals surface area contributed by atoms with E-state index in [2.05, 4.69) is 6.92 Å². The van der Waals surface area contributed by atoms with Crippen LogP contribution >= 0.6 is 0 Å². The number of nitrogen functional groups attached to an aromatic ring is 1. The third-order valence-electron chi connectivity index (χ3n) is 2.82. The molecule has 1 aromatic carbocycles. The lowest BCUT2D eigenvalue weighted by Gasteiger charge is -2.24. The number of nitrogens with two attached hydrogens (primary N) is 2. The molecular formula is C12H21N3O3S. The fourth-order valence-electron chi connectivity index (χ4n) is 1.83. The van der Waals surface area contributed by atoms with E-state index in [1.54, 1.807) is 12.1 Å². The summed E-state index contributed by atoms with van der Waals surface area (Å²) in [6, 6.07) is 4.63. The molecule has 5 N–H and O–H groups in total. The summed E-state index contributed by atoms with van der Waals surface area (Å²) < 4.78 is 22.6. The molecule has 0 fully saturated rings. The molecular weight excluding hydrogens is 266 g/mol. The van der Waals surface area contributed by atoms with E-state index in [-0.39, 0.29) is 17.2 Å². The number of unbranched alkanes of at least 4 members (excludes halogenated alkanes) is 1. The first-order valence-corrected chi connectivity index (χ1v) is 7.73. The van der Waals surface area contributed by atoms with E-state index in [4.69, 9.17) is 16.0 Å². The molecule has 7 heteroatoms. The molecule has 1 rings (SSSR count). The third-order valence-corrected chi connectivity index (χ3v) is 3.80. The van der Waals surface area contributed by atoms with Crippen molar-refractivity contribution in [1.29, 1.82) is 0 Å².